The van der Waals surface area contributed by atoms with E-state index in [1.807, 2.05) is 0 Å². The van der Waals surface area contributed by atoms with Crippen molar-refractivity contribution in [3.63, 3.8) is 0 Å². The van der Waals surface area contributed by atoms with Gasteiger partial charge in [0.15, 0.2) is 0 Å². The third kappa shape index (κ3) is 6.46. The van der Waals surface area contributed by atoms with Gasteiger partial charge in [-0.25, -0.2) is 8.42 Å². The monoisotopic (exact) mass is 399 g/mol. The normalized spacial score (nSPS) is 11.7. The topological polar surface area (TPSA) is 79.7 Å². The predicted molar refractivity (Wildman–Crippen MR) is 107 cm³/mol. The summed E-state index contributed by atoms with van der Waals surface area (Å²) >= 11 is 0. The fraction of sp³-hybridized carbons (Fsp3) is 0.684. The van der Waals surface area contributed by atoms with Crippen LogP contribution in [0.15, 0.2) is 28.0 Å². The van der Waals surface area contributed by atoms with Gasteiger partial charge in [0.1, 0.15) is 6.54 Å². The van der Waals surface area contributed by atoms with E-state index >= 15 is 0 Å². The van der Waals surface area contributed by atoms with Crippen LogP contribution in [0.3, 0.4) is 0 Å². The second kappa shape index (κ2) is 11.2. The third-order valence-corrected chi connectivity index (χ3v) is 6.55. The number of carbonyl (C=O) groups is 1. The summed E-state index contributed by atoms with van der Waals surface area (Å²) in [4.78, 5) is 26.7. The largest absolute Gasteiger partial charge is 0.341 e. The lowest BCUT2D eigenvalue weighted by Crippen LogP contribution is -2.38. The van der Waals surface area contributed by atoms with Crippen molar-refractivity contribution in [3.05, 3.63) is 28.7 Å². The molecule has 0 fully saturated rings. The number of pyridine rings is 1. The van der Waals surface area contributed by atoms with Crippen LogP contribution in [0.25, 0.3) is 0 Å². The molecule has 1 amide bonds. The van der Waals surface area contributed by atoms with Crippen molar-refractivity contribution in [2.75, 3.05) is 26.2 Å². The molecule has 1 aromatic rings. The lowest BCUT2D eigenvalue weighted by atomic mass is 10.2. The third-order valence-electron chi connectivity index (χ3n) is 4.52. The molecule has 0 N–H and O–H groups in total. The second-order valence-electron chi connectivity index (χ2n) is 6.51. The number of sulfonamides is 1. The molecule has 27 heavy (non-hydrogen) atoms. The van der Waals surface area contributed by atoms with Gasteiger partial charge in [0.25, 0.3) is 5.56 Å². The van der Waals surface area contributed by atoms with E-state index in [1.54, 1.807) is 18.7 Å². The molecule has 0 radical (unpaired) electrons. The summed E-state index contributed by atoms with van der Waals surface area (Å²) in [6, 6.07) is 2.52. The maximum Gasteiger partial charge on any atom is 0.251 e. The van der Waals surface area contributed by atoms with Gasteiger partial charge in [0.2, 0.25) is 15.9 Å². The number of carbonyl (C=O) groups excluding carboxylic acids is 1. The summed E-state index contributed by atoms with van der Waals surface area (Å²) in [5, 5.41) is 0. The number of aromatic nitrogens is 1. The van der Waals surface area contributed by atoms with Crippen LogP contribution < -0.4 is 5.56 Å². The van der Waals surface area contributed by atoms with Crippen molar-refractivity contribution >= 4 is 15.9 Å². The highest BCUT2D eigenvalue weighted by Gasteiger charge is 2.23. The molecule has 7 nitrogen and oxygen atoms in total. The number of hydrogen-bond donors (Lipinski definition) is 0. The van der Waals surface area contributed by atoms with E-state index in [2.05, 4.69) is 13.8 Å². The van der Waals surface area contributed by atoms with E-state index in [9.17, 15) is 18.0 Å². The molecule has 0 saturated carbocycles. The molecule has 1 rings (SSSR count). The smallest absolute Gasteiger partial charge is 0.251 e. The average molecular weight is 400 g/mol. The van der Waals surface area contributed by atoms with Crippen LogP contribution in [-0.2, 0) is 21.4 Å². The van der Waals surface area contributed by atoms with E-state index in [1.165, 1.54) is 27.2 Å². The Balaban J connectivity index is 3.09. The molecule has 0 unspecified atom stereocenters. The zero-order valence-corrected chi connectivity index (χ0v) is 17.8. The molecule has 0 saturated heterocycles. The van der Waals surface area contributed by atoms with E-state index in [0.717, 1.165) is 25.7 Å². The zero-order chi connectivity index (χ0) is 20.4. The zero-order valence-electron chi connectivity index (χ0n) is 17.0. The summed E-state index contributed by atoms with van der Waals surface area (Å²) in [7, 11) is -3.68. The van der Waals surface area contributed by atoms with Crippen LogP contribution in [0.2, 0.25) is 0 Å². The minimum absolute atomic E-state index is 0.0345. The Morgan fingerprint density at radius 2 is 1.56 bits per heavy atom. The minimum Gasteiger partial charge on any atom is -0.341 e. The Morgan fingerprint density at radius 3 is 2.04 bits per heavy atom. The maximum absolute atomic E-state index is 12.7. The van der Waals surface area contributed by atoms with Gasteiger partial charge in [0.05, 0.1) is 4.90 Å². The van der Waals surface area contributed by atoms with Crippen LogP contribution in [-0.4, -0.2) is 54.3 Å². The van der Waals surface area contributed by atoms with Gasteiger partial charge in [-0.1, -0.05) is 40.5 Å². The molecule has 1 heterocycles. The van der Waals surface area contributed by atoms with E-state index in [-0.39, 0.29) is 22.9 Å². The molecule has 0 aromatic carbocycles. The van der Waals surface area contributed by atoms with Crippen molar-refractivity contribution in [2.24, 2.45) is 0 Å². The number of rotatable bonds is 12. The van der Waals surface area contributed by atoms with Crippen molar-refractivity contribution in [2.45, 2.75) is 64.8 Å². The van der Waals surface area contributed by atoms with Crippen molar-refractivity contribution in [1.82, 2.24) is 13.8 Å². The highest BCUT2D eigenvalue weighted by Crippen LogP contribution is 2.13. The van der Waals surface area contributed by atoms with Crippen molar-refractivity contribution < 1.29 is 13.2 Å². The fourth-order valence-corrected chi connectivity index (χ4v) is 4.28. The Morgan fingerprint density at radius 1 is 1.00 bits per heavy atom. The van der Waals surface area contributed by atoms with Gasteiger partial charge in [-0.05, 0) is 18.9 Å². The molecule has 0 aliphatic carbocycles. The molecule has 0 atom stereocenters. The summed E-state index contributed by atoms with van der Waals surface area (Å²) in [5.41, 5.74) is -0.382. The summed E-state index contributed by atoms with van der Waals surface area (Å²) in [6.07, 6.45) is 5.05. The molecule has 8 heteroatoms. The first-order valence-electron chi connectivity index (χ1n) is 9.80. The Bertz CT molecular complexity index is 746. The van der Waals surface area contributed by atoms with Crippen LogP contribution in [0, 0.1) is 0 Å². The second-order valence-corrected chi connectivity index (χ2v) is 8.45. The standard InChI is InChI=1S/C19H33N3O4S/c1-5-9-13-20(14-10-6-2)19(24)16-21-15-17(11-12-18(21)23)27(25,26)22(7-3)8-4/h11-12,15H,5-10,13-14,16H2,1-4H3. The lowest BCUT2D eigenvalue weighted by Gasteiger charge is -2.23. The maximum atomic E-state index is 12.7. The van der Waals surface area contributed by atoms with E-state index in [4.69, 9.17) is 0 Å². The molecule has 0 aliphatic heterocycles. The highest BCUT2D eigenvalue weighted by molar-refractivity contribution is 7.89. The van der Waals surface area contributed by atoms with Gasteiger partial charge < -0.3 is 9.47 Å². The summed E-state index contributed by atoms with van der Waals surface area (Å²) in [5.74, 6) is -0.156. The molecule has 0 bridgehead atoms. The molecule has 0 aliphatic rings. The molecule has 1 aromatic heterocycles. The SMILES string of the molecule is CCCCN(CCCC)C(=O)Cn1cc(S(=O)(=O)N(CC)CC)ccc1=O. The van der Waals surface area contributed by atoms with Crippen molar-refractivity contribution in [1.29, 1.82) is 0 Å². The van der Waals surface area contributed by atoms with Gasteiger partial charge >= 0.3 is 0 Å². The van der Waals surface area contributed by atoms with Gasteiger partial charge in [-0.2, -0.15) is 4.31 Å². The molecular formula is C19H33N3O4S. The number of amides is 1. The van der Waals surface area contributed by atoms with Crippen LogP contribution in [0.5, 0.6) is 0 Å². The average Bonchev–Trinajstić information content (AvgIpc) is 2.64. The number of nitrogens with zero attached hydrogens (tertiary/aromatic N) is 3. The molecule has 0 spiro atoms. The fourth-order valence-electron chi connectivity index (χ4n) is 2.80. The van der Waals surface area contributed by atoms with Gasteiger partial charge in [0, 0.05) is 38.4 Å². The predicted octanol–water partition coefficient (Wildman–Crippen LogP) is 2.31. The van der Waals surface area contributed by atoms with Gasteiger partial charge in [-0.15, -0.1) is 0 Å². The van der Waals surface area contributed by atoms with Crippen molar-refractivity contribution in [3.8, 4) is 0 Å². The lowest BCUT2D eigenvalue weighted by molar-refractivity contribution is -0.132. The summed E-state index contributed by atoms with van der Waals surface area (Å²) < 4.78 is 27.9. The molecular weight excluding hydrogens is 366 g/mol. The Labute approximate surface area is 163 Å². The Kier molecular flexibility index (Phi) is 9.73. The highest BCUT2D eigenvalue weighted by atomic mass is 32.2. The van der Waals surface area contributed by atoms with Crippen LogP contribution in [0.1, 0.15) is 53.4 Å². The first kappa shape index (κ1) is 23.4. The first-order valence-corrected chi connectivity index (χ1v) is 11.2. The minimum atomic E-state index is -3.68. The quantitative estimate of drug-likeness (QED) is 0.540. The van der Waals surface area contributed by atoms with Crippen LogP contribution in [0.4, 0.5) is 0 Å². The summed E-state index contributed by atoms with van der Waals surface area (Å²) in [6.45, 7) is 9.51. The Hall–Kier alpha value is -1.67. The number of hydrogen-bond acceptors (Lipinski definition) is 4. The van der Waals surface area contributed by atoms with Gasteiger partial charge in [-0.3, -0.25) is 9.59 Å². The number of unbranched alkanes of at least 4 members (excludes halogenated alkanes) is 2. The van der Waals surface area contributed by atoms with Crippen LogP contribution >= 0.6 is 0 Å². The molecule has 154 valence electrons. The van der Waals surface area contributed by atoms with E-state index < -0.39 is 10.0 Å². The van der Waals surface area contributed by atoms with E-state index in [0.29, 0.717) is 26.2 Å². The first-order chi connectivity index (χ1) is 12.8.